The van der Waals surface area contributed by atoms with E-state index in [-0.39, 0.29) is 17.9 Å². The molecule has 1 unspecified atom stereocenters. The van der Waals surface area contributed by atoms with Crippen molar-refractivity contribution in [3.05, 3.63) is 95.6 Å². The molecule has 5 nitrogen and oxygen atoms in total. The van der Waals surface area contributed by atoms with Crippen LogP contribution in [0.2, 0.25) is 0 Å². The molecule has 3 rings (SSSR count). The van der Waals surface area contributed by atoms with Crippen LogP contribution < -0.4 is 15.4 Å². The molecule has 0 heterocycles. The molecule has 0 fully saturated rings. The molecule has 0 saturated carbocycles. The van der Waals surface area contributed by atoms with Gasteiger partial charge in [0.25, 0.3) is 11.8 Å². The Morgan fingerprint density at radius 1 is 0.821 bits per heavy atom. The first-order valence-electron chi connectivity index (χ1n) is 8.98. The summed E-state index contributed by atoms with van der Waals surface area (Å²) in [7, 11) is 1.59. The van der Waals surface area contributed by atoms with E-state index in [1.165, 1.54) is 0 Å². The minimum absolute atomic E-state index is 0.134. The lowest BCUT2D eigenvalue weighted by molar-refractivity contribution is 0.0940. The molecular formula is C23H22N2O3. The van der Waals surface area contributed by atoms with Crippen molar-refractivity contribution in [2.45, 2.75) is 13.0 Å². The third-order valence-electron chi connectivity index (χ3n) is 4.38. The first kappa shape index (κ1) is 19.2. The van der Waals surface area contributed by atoms with Crippen LogP contribution in [0.5, 0.6) is 5.75 Å². The van der Waals surface area contributed by atoms with Gasteiger partial charge >= 0.3 is 0 Å². The van der Waals surface area contributed by atoms with E-state index >= 15 is 0 Å². The van der Waals surface area contributed by atoms with E-state index in [0.717, 1.165) is 5.56 Å². The Hall–Kier alpha value is -3.60. The zero-order valence-electron chi connectivity index (χ0n) is 15.8. The summed E-state index contributed by atoms with van der Waals surface area (Å²) in [6.07, 6.45) is 0. The number of carbonyl (C=O) groups excluding carboxylic acids is 2. The van der Waals surface area contributed by atoms with Gasteiger partial charge in [-0.1, -0.05) is 36.4 Å². The van der Waals surface area contributed by atoms with Crippen molar-refractivity contribution >= 4 is 17.5 Å². The average Bonchev–Trinajstić information content (AvgIpc) is 2.75. The lowest BCUT2D eigenvalue weighted by Gasteiger charge is -2.14. The number of amides is 2. The molecule has 2 amide bonds. The fourth-order valence-corrected chi connectivity index (χ4v) is 2.78. The molecule has 0 spiro atoms. The number of hydrogen-bond donors (Lipinski definition) is 2. The summed E-state index contributed by atoms with van der Waals surface area (Å²) >= 11 is 0. The Bertz CT molecular complexity index is 953. The molecule has 0 saturated heterocycles. The maximum Gasteiger partial charge on any atom is 0.255 e. The highest BCUT2D eigenvalue weighted by Gasteiger charge is 2.14. The zero-order valence-corrected chi connectivity index (χ0v) is 15.8. The summed E-state index contributed by atoms with van der Waals surface area (Å²) < 4.78 is 5.11. The van der Waals surface area contributed by atoms with Gasteiger partial charge in [0, 0.05) is 16.8 Å². The number of hydrogen-bond acceptors (Lipinski definition) is 3. The number of carbonyl (C=O) groups is 2. The summed E-state index contributed by atoms with van der Waals surface area (Å²) in [6, 6.07) is 23.3. The summed E-state index contributed by atoms with van der Waals surface area (Å²) in [4.78, 5) is 25.1. The molecule has 0 aliphatic carbocycles. The topological polar surface area (TPSA) is 67.4 Å². The molecule has 3 aromatic carbocycles. The van der Waals surface area contributed by atoms with Gasteiger partial charge in [-0.05, 0) is 55.0 Å². The van der Waals surface area contributed by atoms with Crippen LogP contribution in [-0.4, -0.2) is 18.9 Å². The lowest BCUT2D eigenvalue weighted by atomic mass is 10.1. The lowest BCUT2D eigenvalue weighted by Crippen LogP contribution is -2.27. The molecule has 0 bridgehead atoms. The van der Waals surface area contributed by atoms with Gasteiger partial charge in [0.1, 0.15) is 5.75 Å². The molecule has 0 aromatic heterocycles. The number of anilines is 1. The Balaban J connectivity index is 1.68. The molecular weight excluding hydrogens is 352 g/mol. The minimum atomic E-state index is -0.282. The monoisotopic (exact) mass is 374 g/mol. The van der Waals surface area contributed by atoms with Gasteiger partial charge in [-0.25, -0.2) is 0 Å². The van der Waals surface area contributed by atoms with Crippen molar-refractivity contribution in [3.63, 3.8) is 0 Å². The van der Waals surface area contributed by atoms with Crippen LogP contribution in [0.1, 0.15) is 39.2 Å². The van der Waals surface area contributed by atoms with E-state index in [2.05, 4.69) is 10.6 Å². The van der Waals surface area contributed by atoms with Crippen molar-refractivity contribution in [1.82, 2.24) is 5.32 Å². The van der Waals surface area contributed by atoms with Crippen molar-refractivity contribution < 1.29 is 14.3 Å². The second-order valence-corrected chi connectivity index (χ2v) is 6.37. The van der Waals surface area contributed by atoms with E-state index in [0.29, 0.717) is 22.6 Å². The maximum atomic E-state index is 12.6. The largest absolute Gasteiger partial charge is 0.497 e. The fourth-order valence-electron chi connectivity index (χ4n) is 2.78. The standard InChI is InChI=1S/C23H22N2O3/c1-16(17-7-4-3-5-8-17)24-22(26)18-9-6-10-19(15-18)23(27)25-20-11-13-21(28-2)14-12-20/h3-16H,1-2H3,(H,24,26)(H,25,27). The van der Waals surface area contributed by atoms with Gasteiger partial charge in [-0.15, -0.1) is 0 Å². The minimum Gasteiger partial charge on any atom is -0.497 e. The van der Waals surface area contributed by atoms with Crippen molar-refractivity contribution in [1.29, 1.82) is 0 Å². The van der Waals surface area contributed by atoms with Crippen molar-refractivity contribution in [2.75, 3.05) is 12.4 Å². The average molecular weight is 374 g/mol. The third kappa shape index (κ3) is 4.76. The molecule has 0 aliphatic heterocycles. The summed E-state index contributed by atoms with van der Waals surface area (Å²) in [5.41, 5.74) is 2.52. The number of nitrogens with one attached hydrogen (secondary N) is 2. The van der Waals surface area contributed by atoms with Crippen molar-refractivity contribution in [3.8, 4) is 5.75 Å². The van der Waals surface area contributed by atoms with Crippen molar-refractivity contribution in [2.24, 2.45) is 0 Å². The Labute approximate surface area is 164 Å². The van der Waals surface area contributed by atoms with Crippen LogP contribution in [0, 0.1) is 0 Å². The first-order chi connectivity index (χ1) is 13.6. The summed E-state index contributed by atoms with van der Waals surface area (Å²) in [6.45, 7) is 1.92. The van der Waals surface area contributed by atoms with Gasteiger partial charge in [0.2, 0.25) is 0 Å². The normalized spacial score (nSPS) is 11.4. The molecule has 3 aromatic rings. The SMILES string of the molecule is COc1ccc(NC(=O)c2cccc(C(=O)NC(C)c3ccccc3)c2)cc1. The Morgan fingerprint density at radius 3 is 2.11 bits per heavy atom. The van der Waals surface area contributed by atoms with Crippen LogP contribution in [0.4, 0.5) is 5.69 Å². The van der Waals surface area contributed by atoms with Gasteiger partial charge in [-0.2, -0.15) is 0 Å². The van der Waals surface area contributed by atoms with E-state index < -0.39 is 0 Å². The number of methoxy groups -OCH3 is 1. The highest BCUT2D eigenvalue weighted by atomic mass is 16.5. The summed E-state index contributed by atoms with van der Waals surface area (Å²) in [5.74, 6) is 0.204. The van der Waals surface area contributed by atoms with E-state index in [9.17, 15) is 9.59 Å². The highest BCUT2D eigenvalue weighted by molar-refractivity contribution is 6.06. The van der Waals surface area contributed by atoms with E-state index in [4.69, 9.17) is 4.74 Å². The van der Waals surface area contributed by atoms with Crippen LogP contribution in [0.25, 0.3) is 0 Å². The Kier molecular flexibility index (Phi) is 6.07. The smallest absolute Gasteiger partial charge is 0.255 e. The van der Waals surface area contributed by atoms with E-state index in [1.807, 2.05) is 37.3 Å². The fraction of sp³-hybridized carbons (Fsp3) is 0.130. The number of benzene rings is 3. The molecule has 1 atom stereocenters. The first-order valence-corrected chi connectivity index (χ1v) is 8.98. The van der Waals surface area contributed by atoms with Crippen LogP contribution in [-0.2, 0) is 0 Å². The van der Waals surface area contributed by atoms with Crippen LogP contribution in [0.3, 0.4) is 0 Å². The molecule has 0 aliphatic rings. The molecule has 28 heavy (non-hydrogen) atoms. The third-order valence-corrected chi connectivity index (χ3v) is 4.38. The second kappa shape index (κ2) is 8.86. The maximum absolute atomic E-state index is 12.6. The molecule has 0 radical (unpaired) electrons. The number of ether oxygens (including phenoxy) is 1. The van der Waals surface area contributed by atoms with Gasteiger partial charge < -0.3 is 15.4 Å². The predicted octanol–water partition coefficient (Wildman–Crippen LogP) is 4.44. The van der Waals surface area contributed by atoms with Gasteiger partial charge in [-0.3, -0.25) is 9.59 Å². The quantitative estimate of drug-likeness (QED) is 0.670. The molecule has 2 N–H and O–H groups in total. The molecule has 5 heteroatoms. The van der Waals surface area contributed by atoms with Crippen LogP contribution in [0.15, 0.2) is 78.9 Å². The zero-order chi connectivity index (χ0) is 19.9. The number of rotatable bonds is 6. The van der Waals surface area contributed by atoms with E-state index in [1.54, 1.807) is 55.6 Å². The van der Waals surface area contributed by atoms with Gasteiger partial charge in [0.05, 0.1) is 13.2 Å². The van der Waals surface area contributed by atoms with Gasteiger partial charge in [0.15, 0.2) is 0 Å². The second-order valence-electron chi connectivity index (χ2n) is 6.37. The highest BCUT2D eigenvalue weighted by Crippen LogP contribution is 2.17. The summed E-state index contributed by atoms with van der Waals surface area (Å²) in [5, 5.41) is 5.77. The molecule has 142 valence electrons. The Morgan fingerprint density at radius 2 is 1.46 bits per heavy atom. The predicted molar refractivity (Wildman–Crippen MR) is 110 cm³/mol. The van der Waals surface area contributed by atoms with Crippen LogP contribution >= 0.6 is 0 Å².